The molecule has 208 valence electrons. The highest BCUT2D eigenvalue weighted by atomic mass is 19.1. The number of hydrogen-bond donors (Lipinski definition) is 3. The van der Waals surface area contributed by atoms with Crippen LogP contribution < -0.4 is 20.7 Å². The Morgan fingerprint density at radius 1 is 1.10 bits per heavy atom. The van der Waals surface area contributed by atoms with Crippen LogP contribution in [0.15, 0.2) is 29.4 Å². The second-order valence-corrected chi connectivity index (χ2v) is 9.73. The van der Waals surface area contributed by atoms with E-state index in [0.717, 1.165) is 25.7 Å². The molecule has 1 aliphatic heterocycles. The maximum atomic E-state index is 13.7. The summed E-state index contributed by atoms with van der Waals surface area (Å²) in [4.78, 5) is 51.0. The van der Waals surface area contributed by atoms with E-state index in [9.17, 15) is 18.8 Å². The average Bonchev–Trinajstić information content (AvgIpc) is 3.45. The summed E-state index contributed by atoms with van der Waals surface area (Å²) in [5.41, 5.74) is 2.06. The number of ketones is 1. The third kappa shape index (κ3) is 7.06. The molecule has 1 unspecified atom stereocenters. The molecule has 1 fully saturated rings. The number of Topliss-reactive ketones (excluding diaryl/α,β-unsaturated/α-hetero) is 1. The molecule has 1 aliphatic carbocycles. The van der Waals surface area contributed by atoms with E-state index in [1.54, 1.807) is 19.1 Å². The van der Waals surface area contributed by atoms with Crippen LogP contribution in [0.5, 0.6) is 5.75 Å². The summed E-state index contributed by atoms with van der Waals surface area (Å²) < 4.78 is 18.6. The van der Waals surface area contributed by atoms with Gasteiger partial charge in [-0.05, 0) is 62.3 Å². The summed E-state index contributed by atoms with van der Waals surface area (Å²) in [7, 11) is 2.89. The van der Waals surface area contributed by atoms with Gasteiger partial charge >= 0.3 is 6.03 Å². The minimum absolute atomic E-state index is 0.0310. The fraction of sp³-hybridized carbons (Fsp3) is 0.481. The van der Waals surface area contributed by atoms with Gasteiger partial charge in [0.25, 0.3) is 5.91 Å². The van der Waals surface area contributed by atoms with Crippen molar-refractivity contribution in [1.29, 1.82) is 0 Å². The van der Waals surface area contributed by atoms with E-state index in [-0.39, 0.29) is 54.3 Å². The van der Waals surface area contributed by atoms with Gasteiger partial charge in [0.2, 0.25) is 0 Å². The summed E-state index contributed by atoms with van der Waals surface area (Å²) in [6.07, 6.45) is 3.56. The Balaban J connectivity index is 1.31. The predicted octanol–water partition coefficient (Wildman–Crippen LogP) is 2.66. The number of urea groups is 1. The molecule has 1 atom stereocenters. The van der Waals surface area contributed by atoms with Gasteiger partial charge in [0.1, 0.15) is 23.3 Å². The first kappa shape index (κ1) is 27.9. The number of carbonyl (C=O) groups is 3. The number of hydrogen-bond acceptors (Lipinski definition) is 8. The van der Waals surface area contributed by atoms with Crippen LogP contribution in [0.3, 0.4) is 0 Å². The highest BCUT2D eigenvalue weighted by molar-refractivity contribution is 6.02. The Morgan fingerprint density at radius 3 is 2.59 bits per heavy atom. The van der Waals surface area contributed by atoms with E-state index in [0.29, 0.717) is 29.2 Å². The molecule has 3 amide bonds. The Labute approximate surface area is 225 Å². The largest absolute Gasteiger partial charge is 0.494 e. The van der Waals surface area contributed by atoms with Crippen molar-refractivity contribution in [3.63, 3.8) is 0 Å². The van der Waals surface area contributed by atoms with E-state index >= 15 is 0 Å². The first-order valence-corrected chi connectivity index (χ1v) is 12.9. The number of ether oxygens (including phenoxy) is 1. The van der Waals surface area contributed by atoms with Crippen LogP contribution in [0, 0.1) is 24.6 Å². The summed E-state index contributed by atoms with van der Waals surface area (Å²) in [6, 6.07) is 5.62. The number of oxime groups is 1. The molecule has 2 aromatic rings. The minimum atomic E-state index is -0.474. The molecular formula is C27H33FN6O5. The summed E-state index contributed by atoms with van der Waals surface area (Å²) >= 11 is 0. The second kappa shape index (κ2) is 12.6. The lowest BCUT2D eigenvalue weighted by Crippen LogP contribution is -2.39. The van der Waals surface area contributed by atoms with Gasteiger partial charge in [0.15, 0.2) is 17.3 Å². The van der Waals surface area contributed by atoms with Crippen molar-refractivity contribution in [2.75, 3.05) is 20.7 Å². The van der Waals surface area contributed by atoms with Gasteiger partial charge < -0.3 is 25.5 Å². The van der Waals surface area contributed by atoms with Gasteiger partial charge in [0, 0.05) is 25.9 Å². The topological polar surface area (TPSA) is 144 Å². The van der Waals surface area contributed by atoms with Crippen molar-refractivity contribution >= 4 is 23.4 Å². The third-order valence-corrected chi connectivity index (χ3v) is 7.13. The van der Waals surface area contributed by atoms with Crippen LogP contribution in [0.1, 0.15) is 59.7 Å². The molecular weight excluding hydrogens is 507 g/mol. The fourth-order valence-corrected chi connectivity index (χ4v) is 4.93. The molecule has 39 heavy (non-hydrogen) atoms. The molecule has 1 aromatic carbocycles. The molecule has 0 radical (unpaired) electrons. The molecule has 0 saturated heterocycles. The zero-order chi connectivity index (χ0) is 27.9. The number of carbonyl (C=O) groups excluding carboxylic acids is 3. The first-order valence-electron chi connectivity index (χ1n) is 12.9. The molecule has 4 rings (SSSR count). The van der Waals surface area contributed by atoms with Gasteiger partial charge in [-0.1, -0.05) is 11.2 Å². The highest BCUT2D eigenvalue weighted by Gasteiger charge is 2.35. The van der Waals surface area contributed by atoms with Crippen molar-refractivity contribution < 1.29 is 28.3 Å². The Hall–Kier alpha value is -4.09. The number of amides is 3. The molecule has 11 nitrogen and oxygen atoms in total. The fourth-order valence-electron chi connectivity index (χ4n) is 4.93. The second-order valence-electron chi connectivity index (χ2n) is 9.73. The van der Waals surface area contributed by atoms with Crippen molar-refractivity contribution in [3.8, 4) is 5.75 Å². The highest BCUT2D eigenvalue weighted by Crippen LogP contribution is 2.35. The van der Waals surface area contributed by atoms with Crippen LogP contribution in [-0.4, -0.2) is 60.2 Å². The van der Waals surface area contributed by atoms with Crippen molar-refractivity contribution in [1.82, 2.24) is 25.9 Å². The number of methoxy groups -OCH3 is 1. The van der Waals surface area contributed by atoms with Gasteiger partial charge in [-0.3, -0.25) is 9.59 Å². The Kier molecular flexibility index (Phi) is 9.05. The smallest absolute Gasteiger partial charge is 0.314 e. The monoisotopic (exact) mass is 540 g/mol. The molecule has 1 saturated carbocycles. The molecule has 2 aliphatic rings. The van der Waals surface area contributed by atoms with Crippen LogP contribution in [-0.2, 0) is 16.2 Å². The van der Waals surface area contributed by atoms with Gasteiger partial charge in [-0.25, -0.2) is 19.2 Å². The lowest BCUT2D eigenvalue weighted by Gasteiger charge is -2.30. The number of halogens is 1. The maximum Gasteiger partial charge on any atom is 0.314 e. The molecule has 2 heterocycles. The Bertz CT molecular complexity index is 1260. The van der Waals surface area contributed by atoms with E-state index in [4.69, 9.17) is 9.57 Å². The van der Waals surface area contributed by atoms with Gasteiger partial charge in [-0.2, -0.15) is 0 Å². The minimum Gasteiger partial charge on any atom is -0.494 e. The standard InChI is InChI=1S/C27H33FN6O5/c1-15-32-20(11-22(33-15)26(36)30-13-16-4-9-19(28)25(10-16)38-3)21-12-24(39-34-21)18-7-5-17(6-8-18)23(35)14-31-27(37)29-2/h4,9-11,17-18,24H,5-8,12-14H2,1-3H3,(H,30,36)(H2,29,31,37). The normalized spacial score (nSPS) is 20.4. The molecule has 12 heteroatoms. The number of benzene rings is 1. The van der Waals surface area contributed by atoms with Crippen molar-refractivity contribution in [3.05, 3.63) is 52.9 Å². The van der Waals surface area contributed by atoms with E-state index < -0.39 is 11.7 Å². The zero-order valence-electron chi connectivity index (χ0n) is 22.3. The predicted molar refractivity (Wildman–Crippen MR) is 140 cm³/mol. The molecule has 0 spiro atoms. The number of rotatable bonds is 9. The van der Waals surface area contributed by atoms with Crippen LogP contribution in [0.2, 0.25) is 0 Å². The Morgan fingerprint density at radius 2 is 1.87 bits per heavy atom. The number of nitrogens with zero attached hydrogens (tertiary/aromatic N) is 3. The SMILES string of the molecule is CNC(=O)NCC(=O)C1CCC(C2CC(c3cc(C(=O)NCc4ccc(F)c(OC)c4)nc(C)n3)=NO2)CC1. The van der Waals surface area contributed by atoms with Gasteiger partial charge in [0.05, 0.1) is 19.3 Å². The van der Waals surface area contributed by atoms with Gasteiger partial charge in [-0.15, -0.1) is 0 Å². The lowest BCUT2D eigenvalue weighted by molar-refractivity contribution is -0.123. The molecule has 3 N–H and O–H groups in total. The average molecular weight is 541 g/mol. The first-order chi connectivity index (χ1) is 18.8. The molecule has 1 aromatic heterocycles. The summed E-state index contributed by atoms with van der Waals surface area (Å²) in [6.45, 7) is 1.91. The number of aromatic nitrogens is 2. The van der Waals surface area contributed by atoms with E-state index in [2.05, 4.69) is 31.1 Å². The van der Waals surface area contributed by atoms with E-state index in [1.807, 2.05) is 0 Å². The van der Waals surface area contributed by atoms with Crippen molar-refractivity contribution in [2.24, 2.45) is 17.0 Å². The maximum absolute atomic E-state index is 13.7. The number of aryl methyl sites for hydroxylation is 1. The molecule has 0 bridgehead atoms. The van der Waals surface area contributed by atoms with Crippen LogP contribution in [0.4, 0.5) is 9.18 Å². The van der Waals surface area contributed by atoms with E-state index in [1.165, 1.54) is 26.3 Å². The van der Waals surface area contributed by atoms with Crippen LogP contribution >= 0.6 is 0 Å². The summed E-state index contributed by atoms with van der Waals surface area (Å²) in [5, 5.41) is 12.0. The van der Waals surface area contributed by atoms with Crippen molar-refractivity contribution in [2.45, 2.75) is 51.7 Å². The lowest BCUT2D eigenvalue weighted by atomic mass is 9.77. The quantitative estimate of drug-likeness (QED) is 0.444. The summed E-state index contributed by atoms with van der Waals surface area (Å²) in [5.74, 6) is -0.108. The third-order valence-electron chi connectivity index (χ3n) is 7.13. The number of nitrogens with one attached hydrogen (secondary N) is 3. The van der Waals surface area contributed by atoms with Crippen LogP contribution in [0.25, 0.3) is 0 Å². The zero-order valence-corrected chi connectivity index (χ0v) is 22.3.